The molecule has 18 heavy (non-hydrogen) atoms. The second kappa shape index (κ2) is 6.00. The molecule has 1 atom stereocenters. The zero-order valence-electron chi connectivity index (χ0n) is 10.1. The summed E-state index contributed by atoms with van der Waals surface area (Å²) in [7, 11) is 0. The van der Waals surface area contributed by atoms with Gasteiger partial charge in [-0.1, -0.05) is 30.8 Å². The standard InChI is InChI=1S/C13H15FN2OS/c1-9(10-2-4-11(14)5-3-10)8-12(17)16-13-15-6-7-18-13/h2-5,9H,6-8H2,1H3,(H,15,16,17). The molecule has 0 saturated heterocycles. The van der Waals surface area contributed by atoms with Gasteiger partial charge in [-0.05, 0) is 23.6 Å². The Balaban J connectivity index is 1.88. The number of benzene rings is 1. The highest BCUT2D eigenvalue weighted by Gasteiger charge is 2.14. The van der Waals surface area contributed by atoms with Crippen molar-refractivity contribution in [1.82, 2.24) is 5.32 Å². The quantitative estimate of drug-likeness (QED) is 0.913. The first kappa shape index (κ1) is 13.1. The minimum Gasteiger partial charge on any atom is -0.305 e. The van der Waals surface area contributed by atoms with Crippen LogP contribution >= 0.6 is 11.8 Å². The van der Waals surface area contributed by atoms with E-state index in [-0.39, 0.29) is 17.6 Å². The molecule has 0 saturated carbocycles. The second-order valence-electron chi connectivity index (χ2n) is 4.24. The van der Waals surface area contributed by atoms with Gasteiger partial charge in [-0.3, -0.25) is 9.79 Å². The summed E-state index contributed by atoms with van der Waals surface area (Å²) in [5.74, 6) is 0.702. The third-order valence-electron chi connectivity index (χ3n) is 2.76. The molecule has 0 fully saturated rings. The van der Waals surface area contributed by atoms with Crippen LogP contribution in [0.15, 0.2) is 29.3 Å². The van der Waals surface area contributed by atoms with Crippen LogP contribution in [0.4, 0.5) is 4.39 Å². The fourth-order valence-electron chi connectivity index (χ4n) is 1.77. The molecule has 1 unspecified atom stereocenters. The first-order chi connectivity index (χ1) is 8.65. The number of hydrogen-bond acceptors (Lipinski definition) is 3. The molecule has 0 aromatic heterocycles. The van der Waals surface area contributed by atoms with Gasteiger partial charge in [0.2, 0.25) is 5.91 Å². The van der Waals surface area contributed by atoms with Crippen molar-refractivity contribution in [3.05, 3.63) is 35.6 Å². The van der Waals surface area contributed by atoms with Crippen LogP contribution in [0.1, 0.15) is 24.8 Å². The van der Waals surface area contributed by atoms with Crippen molar-refractivity contribution in [3.63, 3.8) is 0 Å². The maximum Gasteiger partial charge on any atom is 0.226 e. The Hall–Kier alpha value is -1.36. The monoisotopic (exact) mass is 266 g/mol. The van der Waals surface area contributed by atoms with Crippen LogP contribution in [0.2, 0.25) is 0 Å². The summed E-state index contributed by atoms with van der Waals surface area (Å²) in [4.78, 5) is 15.9. The van der Waals surface area contributed by atoms with E-state index in [1.54, 1.807) is 23.9 Å². The molecule has 1 aliphatic rings. The fourth-order valence-corrected chi connectivity index (χ4v) is 2.51. The van der Waals surface area contributed by atoms with Crippen molar-refractivity contribution in [2.45, 2.75) is 19.3 Å². The van der Waals surface area contributed by atoms with Crippen LogP contribution in [0.25, 0.3) is 0 Å². The van der Waals surface area contributed by atoms with Gasteiger partial charge >= 0.3 is 0 Å². The number of thioether (sulfide) groups is 1. The van der Waals surface area contributed by atoms with Crippen LogP contribution in [-0.4, -0.2) is 23.4 Å². The van der Waals surface area contributed by atoms with E-state index in [1.807, 2.05) is 6.92 Å². The molecule has 0 bridgehead atoms. The van der Waals surface area contributed by atoms with Gasteiger partial charge in [0.15, 0.2) is 5.17 Å². The SMILES string of the molecule is CC(CC(=O)NC1=NCCS1)c1ccc(F)cc1. The maximum atomic E-state index is 12.8. The van der Waals surface area contributed by atoms with Crippen molar-refractivity contribution in [2.75, 3.05) is 12.3 Å². The lowest BCUT2D eigenvalue weighted by Gasteiger charge is -2.11. The highest BCUT2D eigenvalue weighted by Crippen LogP contribution is 2.19. The lowest BCUT2D eigenvalue weighted by atomic mass is 9.97. The average Bonchev–Trinajstić information content (AvgIpc) is 2.82. The summed E-state index contributed by atoms with van der Waals surface area (Å²) in [6.07, 6.45) is 0.380. The molecule has 3 nitrogen and oxygen atoms in total. The molecule has 1 aromatic rings. The zero-order chi connectivity index (χ0) is 13.0. The highest BCUT2D eigenvalue weighted by molar-refractivity contribution is 8.14. The van der Waals surface area contributed by atoms with E-state index < -0.39 is 0 Å². The van der Waals surface area contributed by atoms with Gasteiger partial charge in [-0.15, -0.1) is 0 Å². The number of aliphatic imine (C=N–C) groups is 1. The average molecular weight is 266 g/mol. The van der Waals surface area contributed by atoms with Gasteiger partial charge in [0, 0.05) is 12.2 Å². The van der Waals surface area contributed by atoms with Crippen molar-refractivity contribution in [3.8, 4) is 0 Å². The summed E-state index contributed by atoms with van der Waals surface area (Å²) in [5.41, 5.74) is 0.965. The Labute approximate surface area is 110 Å². The summed E-state index contributed by atoms with van der Waals surface area (Å²) in [5, 5.41) is 3.51. The van der Waals surface area contributed by atoms with Crippen LogP contribution in [-0.2, 0) is 4.79 Å². The number of carbonyl (C=O) groups is 1. The summed E-state index contributed by atoms with van der Waals surface area (Å²) < 4.78 is 12.8. The molecule has 5 heteroatoms. The van der Waals surface area contributed by atoms with Gasteiger partial charge in [0.1, 0.15) is 5.82 Å². The van der Waals surface area contributed by atoms with E-state index in [1.165, 1.54) is 12.1 Å². The lowest BCUT2D eigenvalue weighted by molar-refractivity contribution is -0.119. The number of nitrogens with zero attached hydrogens (tertiary/aromatic N) is 1. The van der Waals surface area contributed by atoms with E-state index in [0.29, 0.717) is 11.6 Å². The molecule has 0 spiro atoms. The van der Waals surface area contributed by atoms with Crippen molar-refractivity contribution < 1.29 is 9.18 Å². The van der Waals surface area contributed by atoms with E-state index in [0.717, 1.165) is 17.9 Å². The van der Waals surface area contributed by atoms with Crippen molar-refractivity contribution in [1.29, 1.82) is 0 Å². The van der Waals surface area contributed by atoms with Gasteiger partial charge < -0.3 is 5.32 Å². The summed E-state index contributed by atoms with van der Waals surface area (Å²) in [6.45, 7) is 2.73. The molecular formula is C13H15FN2OS. The van der Waals surface area contributed by atoms with Gasteiger partial charge in [-0.25, -0.2) is 4.39 Å². The zero-order valence-corrected chi connectivity index (χ0v) is 11.0. The second-order valence-corrected chi connectivity index (χ2v) is 5.32. The molecule has 1 aromatic carbocycles. The molecule has 1 N–H and O–H groups in total. The van der Waals surface area contributed by atoms with Crippen molar-refractivity contribution in [2.24, 2.45) is 4.99 Å². The number of nitrogens with one attached hydrogen (secondary N) is 1. The number of carbonyl (C=O) groups excluding carboxylic acids is 1. The topological polar surface area (TPSA) is 41.5 Å². The lowest BCUT2D eigenvalue weighted by Crippen LogP contribution is -2.28. The van der Waals surface area contributed by atoms with E-state index in [2.05, 4.69) is 10.3 Å². The Morgan fingerprint density at radius 2 is 2.22 bits per heavy atom. The Kier molecular flexibility index (Phi) is 4.36. The summed E-state index contributed by atoms with van der Waals surface area (Å²) in [6, 6.07) is 6.27. The van der Waals surface area contributed by atoms with E-state index in [4.69, 9.17) is 0 Å². The van der Waals surface area contributed by atoms with E-state index >= 15 is 0 Å². The largest absolute Gasteiger partial charge is 0.305 e. The van der Waals surface area contributed by atoms with Crippen LogP contribution < -0.4 is 5.32 Å². The number of hydrogen-bond donors (Lipinski definition) is 1. The van der Waals surface area contributed by atoms with E-state index in [9.17, 15) is 9.18 Å². The maximum absolute atomic E-state index is 12.8. The Morgan fingerprint density at radius 1 is 1.50 bits per heavy atom. The Morgan fingerprint density at radius 3 is 2.83 bits per heavy atom. The number of amides is 1. The van der Waals surface area contributed by atoms with Crippen LogP contribution in [0.5, 0.6) is 0 Å². The van der Waals surface area contributed by atoms with Gasteiger partial charge in [0.05, 0.1) is 6.54 Å². The highest BCUT2D eigenvalue weighted by atomic mass is 32.2. The molecule has 0 aliphatic carbocycles. The fraction of sp³-hybridized carbons (Fsp3) is 0.385. The first-order valence-electron chi connectivity index (χ1n) is 5.87. The molecule has 96 valence electrons. The number of amidine groups is 1. The molecular weight excluding hydrogens is 251 g/mol. The molecule has 1 amide bonds. The molecule has 0 radical (unpaired) electrons. The predicted molar refractivity (Wildman–Crippen MR) is 72.3 cm³/mol. The third kappa shape index (κ3) is 3.57. The van der Waals surface area contributed by atoms with Gasteiger partial charge in [-0.2, -0.15) is 0 Å². The number of rotatable bonds is 3. The molecule has 1 aliphatic heterocycles. The van der Waals surface area contributed by atoms with Crippen LogP contribution in [0, 0.1) is 5.82 Å². The predicted octanol–water partition coefficient (Wildman–Crippen LogP) is 2.54. The summed E-state index contributed by atoms with van der Waals surface area (Å²) >= 11 is 1.56. The number of halogens is 1. The minimum atomic E-state index is -0.257. The van der Waals surface area contributed by atoms with Crippen molar-refractivity contribution >= 4 is 22.8 Å². The molecule has 2 rings (SSSR count). The normalized spacial score (nSPS) is 16.2. The third-order valence-corrected chi connectivity index (χ3v) is 3.65. The molecule has 1 heterocycles. The van der Waals surface area contributed by atoms with Gasteiger partial charge in [0.25, 0.3) is 0 Å². The smallest absolute Gasteiger partial charge is 0.226 e. The minimum absolute atomic E-state index is 0.0417. The first-order valence-corrected chi connectivity index (χ1v) is 6.86. The van der Waals surface area contributed by atoms with Crippen LogP contribution in [0.3, 0.4) is 0 Å². The Bertz CT molecular complexity index is 459.